The van der Waals surface area contributed by atoms with Crippen molar-refractivity contribution in [2.75, 3.05) is 26.3 Å². The van der Waals surface area contributed by atoms with Crippen LogP contribution in [0.1, 0.15) is 28.5 Å². The number of ether oxygens (including phenoxy) is 2. The number of hydrogen-bond acceptors (Lipinski definition) is 6. The summed E-state index contributed by atoms with van der Waals surface area (Å²) in [7, 11) is -2.19. The molecule has 1 atom stereocenters. The van der Waals surface area contributed by atoms with E-state index in [1.165, 1.54) is 15.9 Å². The number of benzene rings is 1. The van der Waals surface area contributed by atoms with Crippen LogP contribution in [0.15, 0.2) is 23.1 Å². The Bertz CT molecular complexity index is 1030. The summed E-state index contributed by atoms with van der Waals surface area (Å²) in [6.07, 6.45) is -0.429. The maximum atomic E-state index is 13.1. The predicted molar refractivity (Wildman–Crippen MR) is 108 cm³/mol. The number of aromatic nitrogens is 2. The number of rotatable bonds is 6. The van der Waals surface area contributed by atoms with Gasteiger partial charge in [-0.15, -0.1) is 0 Å². The summed E-state index contributed by atoms with van der Waals surface area (Å²) in [6.45, 7) is 5.80. The number of carbonyl (C=O) groups excluding carboxylic acids is 1. The average molecular weight is 442 g/mol. The fourth-order valence-electron chi connectivity index (χ4n) is 3.35. The first-order valence-electron chi connectivity index (χ1n) is 9.16. The zero-order valence-electron chi connectivity index (χ0n) is 16.8. The van der Waals surface area contributed by atoms with E-state index in [1.54, 1.807) is 32.2 Å². The fraction of sp³-hybridized carbons (Fsp3) is 0.474. The lowest BCUT2D eigenvalue weighted by molar-refractivity contribution is -0.0249. The third-order valence-corrected chi connectivity index (χ3v) is 7.37. The Morgan fingerprint density at radius 3 is 2.69 bits per heavy atom. The van der Waals surface area contributed by atoms with Crippen LogP contribution in [0.4, 0.5) is 0 Å². The minimum Gasteiger partial charge on any atom is -0.491 e. The van der Waals surface area contributed by atoms with Crippen LogP contribution in [0.2, 0.25) is 5.15 Å². The van der Waals surface area contributed by atoms with Crippen molar-refractivity contribution >= 4 is 27.4 Å². The van der Waals surface area contributed by atoms with Crippen LogP contribution >= 0.6 is 11.6 Å². The molecule has 0 bridgehead atoms. The van der Waals surface area contributed by atoms with Crippen molar-refractivity contribution in [3.05, 3.63) is 40.2 Å². The molecule has 0 amide bonds. The minimum atomic E-state index is -3.80. The second-order valence-corrected chi connectivity index (χ2v) is 9.26. The molecule has 8 nitrogen and oxygen atoms in total. The van der Waals surface area contributed by atoms with Crippen LogP contribution in [0, 0.1) is 13.8 Å². The number of nitrogens with zero attached hydrogens (tertiary/aromatic N) is 3. The molecule has 29 heavy (non-hydrogen) atoms. The predicted octanol–water partition coefficient (Wildman–Crippen LogP) is 2.36. The number of hydrogen-bond donors (Lipinski definition) is 0. The van der Waals surface area contributed by atoms with Gasteiger partial charge in [-0.2, -0.15) is 9.40 Å². The van der Waals surface area contributed by atoms with Crippen molar-refractivity contribution in [2.24, 2.45) is 7.05 Å². The molecule has 3 rings (SSSR count). The maximum absolute atomic E-state index is 13.1. The van der Waals surface area contributed by atoms with E-state index in [0.717, 1.165) is 5.56 Å². The number of aryl methyl sites for hydroxylation is 3. The van der Waals surface area contributed by atoms with E-state index in [4.69, 9.17) is 21.1 Å². The van der Waals surface area contributed by atoms with E-state index in [-0.39, 0.29) is 42.1 Å². The first kappa shape index (κ1) is 21.8. The third kappa shape index (κ3) is 4.48. The molecule has 10 heteroatoms. The highest BCUT2D eigenvalue weighted by Gasteiger charge is 2.35. The van der Waals surface area contributed by atoms with Gasteiger partial charge in [-0.1, -0.05) is 11.6 Å². The van der Waals surface area contributed by atoms with Crippen LogP contribution < -0.4 is 4.74 Å². The zero-order valence-corrected chi connectivity index (χ0v) is 18.4. The van der Waals surface area contributed by atoms with Crippen LogP contribution in [-0.4, -0.2) is 60.7 Å². The topological polar surface area (TPSA) is 90.7 Å². The summed E-state index contributed by atoms with van der Waals surface area (Å²) in [5.41, 5.74) is 1.83. The minimum absolute atomic E-state index is 0.00475. The first-order valence-corrected chi connectivity index (χ1v) is 11.0. The van der Waals surface area contributed by atoms with Crippen molar-refractivity contribution in [3.63, 3.8) is 0 Å². The van der Waals surface area contributed by atoms with Crippen LogP contribution in [0.3, 0.4) is 0 Å². The molecule has 1 aromatic carbocycles. The summed E-state index contributed by atoms with van der Waals surface area (Å²) in [6, 6.07) is 5.23. The van der Waals surface area contributed by atoms with E-state index < -0.39 is 16.1 Å². The summed E-state index contributed by atoms with van der Waals surface area (Å²) in [5.74, 6) is 0.595. The number of ketones is 1. The number of sulfonamides is 1. The second kappa shape index (κ2) is 8.43. The monoisotopic (exact) mass is 441 g/mol. The lowest BCUT2D eigenvalue weighted by Crippen LogP contribution is -2.47. The van der Waals surface area contributed by atoms with Crippen molar-refractivity contribution < 1.29 is 22.7 Å². The zero-order chi connectivity index (χ0) is 21.3. The highest BCUT2D eigenvalue weighted by Crippen LogP contribution is 2.28. The molecular weight excluding hydrogens is 418 g/mol. The quantitative estimate of drug-likeness (QED) is 0.639. The maximum Gasteiger partial charge on any atom is 0.248 e. The molecule has 1 saturated heterocycles. The Kier molecular flexibility index (Phi) is 6.33. The Hall–Kier alpha value is -1.94. The molecule has 158 valence electrons. The van der Waals surface area contributed by atoms with E-state index in [0.29, 0.717) is 17.0 Å². The van der Waals surface area contributed by atoms with Gasteiger partial charge in [-0.3, -0.25) is 9.48 Å². The van der Waals surface area contributed by atoms with Crippen molar-refractivity contribution in [2.45, 2.75) is 31.8 Å². The van der Waals surface area contributed by atoms with Gasteiger partial charge >= 0.3 is 0 Å². The average Bonchev–Trinajstić information content (AvgIpc) is 2.92. The normalized spacial score (nSPS) is 18.0. The van der Waals surface area contributed by atoms with Crippen molar-refractivity contribution in [1.29, 1.82) is 0 Å². The molecule has 1 aliphatic rings. The molecule has 2 aromatic rings. The van der Waals surface area contributed by atoms with Gasteiger partial charge < -0.3 is 9.47 Å². The number of Topliss-reactive ketones (excluding diaryl/α,β-unsaturated/α-hetero) is 1. The Balaban J connectivity index is 1.69. The summed E-state index contributed by atoms with van der Waals surface area (Å²) >= 11 is 6.16. The lowest BCUT2D eigenvalue weighted by atomic mass is 10.1. The molecule has 0 radical (unpaired) electrons. The van der Waals surface area contributed by atoms with Crippen LogP contribution in [-0.2, 0) is 21.8 Å². The number of morpholine rings is 1. The molecule has 0 spiro atoms. The van der Waals surface area contributed by atoms with Gasteiger partial charge in [0.1, 0.15) is 28.5 Å². The molecule has 1 unspecified atom stereocenters. The molecule has 0 N–H and O–H groups in total. The Morgan fingerprint density at radius 2 is 2.10 bits per heavy atom. The van der Waals surface area contributed by atoms with Gasteiger partial charge in [0, 0.05) is 25.7 Å². The lowest BCUT2D eigenvalue weighted by Gasteiger charge is -2.32. The number of carbonyl (C=O) groups is 1. The molecule has 1 aliphatic heterocycles. The summed E-state index contributed by atoms with van der Waals surface area (Å²) in [4.78, 5) is 11.6. The van der Waals surface area contributed by atoms with Gasteiger partial charge in [0.15, 0.2) is 5.78 Å². The van der Waals surface area contributed by atoms with Crippen LogP contribution in [0.25, 0.3) is 0 Å². The first-order chi connectivity index (χ1) is 13.6. The standard InChI is InChI=1S/C19H24ClN3O5S/c1-12-9-15(5-6-17(12)14(3)24)28-11-16-10-23(7-8-27-16)29(25,26)18-13(2)21-22(4)19(18)20/h5-6,9,16H,7-8,10-11H2,1-4H3. The largest absolute Gasteiger partial charge is 0.491 e. The molecule has 2 heterocycles. The van der Waals surface area contributed by atoms with E-state index >= 15 is 0 Å². The smallest absolute Gasteiger partial charge is 0.248 e. The fourth-order valence-corrected chi connectivity index (χ4v) is 5.52. The molecule has 1 aromatic heterocycles. The third-order valence-electron chi connectivity index (χ3n) is 4.81. The second-order valence-electron chi connectivity index (χ2n) is 7.03. The van der Waals surface area contributed by atoms with Crippen molar-refractivity contribution in [1.82, 2.24) is 14.1 Å². The van der Waals surface area contributed by atoms with E-state index in [9.17, 15) is 13.2 Å². The Labute approximate surface area is 175 Å². The SMILES string of the molecule is CC(=O)c1ccc(OCC2CN(S(=O)(=O)c3c(C)nn(C)c3Cl)CCO2)cc1C. The van der Waals surface area contributed by atoms with E-state index in [2.05, 4.69) is 5.10 Å². The van der Waals surface area contributed by atoms with Crippen LogP contribution in [0.5, 0.6) is 5.75 Å². The van der Waals surface area contributed by atoms with Gasteiger partial charge in [0.2, 0.25) is 10.0 Å². The summed E-state index contributed by atoms with van der Waals surface area (Å²) in [5, 5.41) is 4.18. The summed E-state index contributed by atoms with van der Waals surface area (Å²) < 4.78 is 40.3. The molecule has 0 aliphatic carbocycles. The highest BCUT2D eigenvalue weighted by molar-refractivity contribution is 7.89. The van der Waals surface area contributed by atoms with E-state index in [1.807, 2.05) is 6.92 Å². The molecule has 1 fully saturated rings. The Morgan fingerprint density at radius 1 is 1.38 bits per heavy atom. The molecule has 0 saturated carbocycles. The van der Waals surface area contributed by atoms with Gasteiger partial charge in [-0.25, -0.2) is 8.42 Å². The molecular formula is C19H24ClN3O5S. The highest BCUT2D eigenvalue weighted by atomic mass is 35.5. The number of halogens is 1. The van der Waals surface area contributed by atoms with Crippen molar-refractivity contribution in [3.8, 4) is 5.75 Å². The van der Waals surface area contributed by atoms with Gasteiger partial charge in [-0.05, 0) is 44.5 Å². The van der Waals surface area contributed by atoms with Gasteiger partial charge in [0.05, 0.1) is 12.3 Å². The van der Waals surface area contributed by atoms with Gasteiger partial charge in [0.25, 0.3) is 0 Å².